The van der Waals surface area contributed by atoms with Gasteiger partial charge in [-0.05, 0) is 13.1 Å². The van der Waals surface area contributed by atoms with Gasteiger partial charge in [-0.3, -0.25) is 0 Å². The summed E-state index contributed by atoms with van der Waals surface area (Å²) in [6.45, 7) is 23.0. The van der Waals surface area contributed by atoms with Crippen LogP contribution in [0.3, 0.4) is 0 Å². The van der Waals surface area contributed by atoms with Crippen LogP contribution in [0.25, 0.3) is 0 Å². The molecule has 0 rings (SSSR count). The molecular formula is C12H33F3GeO3SSi4. The minimum Gasteiger partial charge on any atom is -0.309 e. The van der Waals surface area contributed by atoms with E-state index in [1.165, 1.54) is 13.1 Å². The fourth-order valence-corrected chi connectivity index (χ4v) is 2.40. The fourth-order valence-electron chi connectivity index (χ4n) is 0.267. The van der Waals surface area contributed by atoms with E-state index < -0.39 is 24.7 Å². The smallest absolute Gasteiger partial charge is 0.309 e. The van der Waals surface area contributed by atoms with Crippen molar-refractivity contribution in [1.82, 2.24) is 0 Å². The van der Waals surface area contributed by atoms with Crippen LogP contribution < -0.4 is 0 Å². The number of halogens is 3. The molecule has 146 valence electrons. The Labute approximate surface area is 165 Å². The maximum Gasteiger partial charge on any atom is 0.522 e. The van der Waals surface area contributed by atoms with Crippen LogP contribution in [0.1, 0.15) is 0 Å². The summed E-state index contributed by atoms with van der Waals surface area (Å²) in [5.74, 6) is 0. The van der Waals surface area contributed by atoms with E-state index in [0.717, 1.165) is 0 Å². The Morgan fingerprint density at radius 3 is 0.875 bits per heavy atom. The van der Waals surface area contributed by atoms with Crippen molar-refractivity contribution in [3.63, 3.8) is 0 Å². The molecule has 0 bridgehead atoms. The summed E-state index contributed by atoms with van der Waals surface area (Å²) < 4.78 is 58.5. The van der Waals surface area contributed by atoms with E-state index in [2.05, 4.69) is 62.8 Å². The third kappa shape index (κ3) is 49.5. The van der Waals surface area contributed by atoms with Crippen molar-refractivity contribution < 1.29 is 25.5 Å². The zero-order valence-corrected chi connectivity index (χ0v) is 23.7. The van der Waals surface area contributed by atoms with Crippen LogP contribution in [-0.2, 0) is 14.0 Å². The van der Waals surface area contributed by atoms with Gasteiger partial charge in [0.2, 0.25) is 9.04 Å². The zero-order chi connectivity index (χ0) is 20.0. The van der Waals surface area contributed by atoms with Gasteiger partial charge in [0.25, 0.3) is 0 Å². The molecule has 8 radical (unpaired) electrons. The average Bonchev–Trinajstić information content (AvgIpc) is 2.08. The number of alkyl halides is 3. The van der Waals surface area contributed by atoms with Gasteiger partial charge in [-0.1, -0.05) is 58.9 Å². The molecule has 0 saturated heterocycles. The number of rotatable bonds is 2. The molecule has 0 aliphatic carbocycles. The van der Waals surface area contributed by atoms with Crippen LogP contribution >= 0.6 is 0 Å². The second-order valence-corrected chi connectivity index (χ2v) is 19.2. The Morgan fingerprint density at radius 2 is 0.833 bits per heavy atom. The molecule has 3 nitrogen and oxygen atoms in total. The van der Waals surface area contributed by atoms with E-state index in [1.54, 1.807) is 0 Å². The van der Waals surface area contributed by atoms with Gasteiger partial charge in [-0.15, -0.1) is 0 Å². The molecule has 0 heterocycles. The third-order valence-corrected chi connectivity index (χ3v) is 3.34. The maximum absolute atomic E-state index is 11.5. The predicted molar refractivity (Wildman–Crippen MR) is 109 cm³/mol. The summed E-state index contributed by atoms with van der Waals surface area (Å²) in [6.07, 6.45) is 0. The Hall–Kier alpha value is 1.11. The number of hydrogen-bond acceptors (Lipinski definition) is 3. The predicted octanol–water partition coefficient (Wildman–Crippen LogP) is 4.83. The molecule has 0 N–H and O–H groups in total. The van der Waals surface area contributed by atoms with Gasteiger partial charge in [-0.2, -0.15) is 21.6 Å². The fraction of sp³-hybridized carbons (Fsp3) is 1.00. The van der Waals surface area contributed by atoms with E-state index in [9.17, 15) is 21.6 Å². The molecule has 24 heavy (non-hydrogen) atoms. The van der Waals surface area contributed by atoms with Gasteiger partial charge in [0.15, 0.2) is 0 Å². The van der Waals surface area contributed by atoms with Crippen LogP contribution in [0.4, 0.5) is 13.2 Å². The van der Waals surface area contributed by atoms with Gasteiger partial charge in [0, 0.05) is 44.0 Å². The van der Waals surface area contributed by atoms with E-state index in [0.29, 0.717) is 0 Å². The zero-order valence-electron chi connectivity index (χ0n) is 16.8. The Kier molecular flexibility index (Phi) is 28.4. The standard InChI is InChI=1S/C3H6F3O3SSi.3C3H9Si.Ge/c1-11(2)9-10(7,8)3(4,5)6;3*1-4(2)3;/h1-2H3;3*1-3H3;. The monoisotopic (exact) mass is 500 g/mol. The van der Waals surface area contributed by atoms with E-state index >= 15 is 0 Å². The maximum atomic E-state index is 11.5. The summed E-state index contributed by atoms with van der Waals surface area (Å²) in [4.78, 5) is 0. The quantitative estimate of drug-likeness (QED) is 0.404. The summed E-state index contributed by atoms with van der Waals surface area (Å²) in [7, 11) is -6.87. The Bertz CT molecular complexity index is 329. The van der Waals surface area contributed by atoms with Crippen molar-refractivity contribution in [3.8, 4) is 0 Å². The minimum atomic E-state index is -5.35. The molecule has 0 unspecified atom stereocenters. The van der Waals surface area contributed by atoms with Crippen molar-refractivity contribution in [2.75, 3.05) is 0 Å². The Morgan fingerprint density at radius 1 is 0.667 bits per heavy atom. The molecule has 0 amide bonds. The van der Waals surface area contributed by atoms with Gasteiger partial charge >= 0.3 is 15.6 Å². The van der Waals surface area contributed by atoms with Crippen LogP contribution in [-0.4, -0.2) is 67.0 Å². The molecule has 0 fully saturated rings. The molecule has 0 spiro atoms. The first kappa shape index (κ1) is 36.1. The van der Waals surface area contributed by atoms with Crippen molar-refractivity contribution in [2.24, 2.45) is 0 Å². The molecule has 12 heteroatoms. The average molecular weight is 499 g/mol. The second-order valence-electron chi connectivity index (χ2n) is 6.39. The van der Waals surface area contributed by atoms with Gasteiger partial charge in [0.1, 0.15) is 0 Å². The summed E-state index contributed by atoms with van der Waals surface area (Å²) in [5.41, 5.74) is -5.30. The molecule has 0 aromatic carbocycles. The van der Waals surface area contributed by atoms with Gasteiger partial charge in [-0.25, -0.2) is 0 Å². The van der Waals surface area contributed by atoms with E-state index in [-0.39, 0.29) is 44.0 Å². The van der Waals surface area contributed by atoms with Gasteiger partial charge < -0.3 is 3.87 Å². The molecule has 0 atom stereocenters. The molecule has 0 aromatic heterocycles. The topological polar surface area (TPSA) is 43.4 Å². The SMILES string of the molecule is C[Si](C)C.C[Si](C)C.C[Si](C)C.C[Si](C)OS(=O)(=O)C(F)(F)F.[Ge]. The molecule has 0 aliphatic rings. The largest absolute Gasteiger partial charge is 0.522 e. The number of hydrogen-bond donors (Lipinski definition) is 0. The van der Waals surface area contributed by atoms with Crippen molar-refractivity contribution in [2.45, 2.75) is 77.5 Å². The Balaban J connectivity index is -0.0000000772. The summed E-state index contributed by atoms with van der Waals surface area (Å²) in [5, 5.41) is 0. The second kappa shape index (κ2) is 18.9. The molecule has 0 aliphatic heterocycles. The summed E-state index contributed by atoms with van der Waals surface area (Å²) >= 11 is 0. The molecular weight excluding hydrogens is 466 g/mol. The first-order valence-corrected chi connectivity index (χ1v) is 19.8. The molecule has 0 aromatic rings. The van der Waals surface area contributed by atoms with Crippen molar-refractivity contribution in [3.05, 3.63) is 0 Å². The van der Waals surface area contributed by atoms with Crippen LogP contribution in [0.5, 0.6) is 0 Å². The summed E-state index contributed by atoms with van der Waals surface area (Å²) in [6, 6.07) is 0. The van der Waals surface area contributed by atoms with E-state index in [1.807, 2.05) is 0 Å². The van der Waals surface area contributed by atoms with E-state index in [4.69, 9.17) is 0 Å². The minimum absolute atomic E-state index is 0. The van der Waals surface area contributed by atoms with Gasteiger partial charge in [0.05, 0.1) is 0 Å². The first-order valence-electron chi connectivity index (χ1n) is 6.98. The van der Waals surface area contributed by atoms with Crippen LogP contribution in [0, 0.1) is 0 Å². The third-order valence-electron chi connectivity index (χ3n) is 0.560. The van der Waals surface area contributed by atoms with Crippen molar-refractivity contribution in [1.29, 1.82) is 0 Å². The van der Waals surface area contributed by atoms with Crippen LogP contribution in [0.15, 0.2) is 0 Å². The van der Waals surface area contributed by atoms with Crippen molar-refractivity contribution >= 4 is 63.1 Å². The van der Waals surface area contributed by atoms with Crippen LogP contribution in [0.2, 0.25) is 72.0 Å². The first-order chi connectivity index (χ1) is 9.86. The molecule has 0 saturated carbocycles. The normalized spacial score (nSPS) is 10.9.